The van der Waals surface area contributed by atoms with Gasteiger partial charge in [0.05, 0.1) is 40.2 Å². The average molecular weight is 477 g/mol. The van der Waals surface area contributed by atoms with Gasteiger partial charge in [-0.05, 0) is 30.7 Å². The Kier molecular flexibility index (Phi) is 5.47. The van der Waals surface area contributed by atoms with Crippen LogP contribution >= 0.6 is 11.6 Å². The molecule has 4 N–H and O–H groups in total. The van der Waals surface area contributed by atoms with Gasteiger partial charge < -0.3 is 25.5 Å². The molecule has 5 rings (SSSR count). The monoisotopic (exact) mass is 476 g/mol. The second-order valence-corrected chi connectivity index (χ2v) is 8.44. The number of benzene rings is 2. The number of aliphatic hydroxyl groups excluding tert-OH is 1. The highest BCUT2D eigenvalue weighted by atomic mass is 35.5. The van der Waals surface area contributed by atoms with Crippen LogP contribution in [0.25, 0.3) is 11.0 Å². The van der Waals surface area contributed by atoms with E-state index in [4.69, 9.17) is 16.3 Å². The topological polar surface area (TPSA) is 116 Å². The smallest absolute Gasteiger partial charge is 0.252 e. The minimum absolute atomic E-state index is 0.241. The van der Waals surface area contributed by atoms with E-state index in [0.29, 0.717) is 51.5 Å². The van der Waals surface area contributed by atoms with Crippen molar-refractivity contribution in [2.45, 2.75) is 18.9 Å². The Hall–Kier alpha value is -3.88. The van der Waals surface area contributed by atoms with E-state index < -0.39 is 12.1 Å². The predicted octanol–water partition coefficient (Wildman–Crippen LogP) is 4.74. The minimum Gasteiger partial charge on any atom is -0.457 e. The number of halogens is 1. The number of carbonyl (C=O) groups is 2. The van der Waals surface area contributed by atoms with Gasteiger partial charge in [-0.25, -0.2) is 4.98 Å². The summed E-state index contributed by atoms with van der Waals surface area (Å²) in [5.74, 6) is 0.489. The fourth-order valence-corrected chi connectivity index (χ4v) is 4.28. The van der Waals surface area contributed by atoms with E-state index in [1.165, 1.54) is 6.20 Å². The van der Waals surface area contributed by atoms with Crippen LogP contribution in [0.2, 0.25) is 5.02 Å². The molecule has 0 aliphatic carbocycles. The molecule has 1 unspecified atom stereocenters. The Morgan fingerprint density at radius 1 is 1.15 bits per heavy atom. The quantitative estimate of drug-likeness (QED) is 0.298. The molecule has 0 saturated carbocycles. The number of fused-ring (bicyclic) bond motifs is 3. The zero-order valence-corrected chi connectivity index (χ0v) is 18.9. The Morgan fingerprint density at radius 2 is 1.94 bits per heavy atom. The van der Waals surface area contributed by atoms with Gasteiger partial charge >= 0.3 is 0 Å². The number of H-pyrrole nitrogens is 1. The first-order chi connectivity index (χ1) is 16.5. The molecule has 4 aromatic rings. The summed E-state index contributed by atoms with van der Waals surface area (Å²) in [6, 6.07) is 14.2. The summed E-state index contributed by atoms with van der Waals surface area (Å²) in [7, 11) is 0. The second kappa shape index (κ2) is 8.48. The lowest BCUT2D eigenvalue weighted by Crippen LogP contribution is -2.54. The van der Waals surface area contributed by atoms with Gasteiger partial charge in [-0.15, -0.1) is 0 Å². The molecule has 9 heteroatoms. The van der Waals surface area contributed by atoms with E-state index >= 15 is 0 Å². The van der Waals surface area contributed by atoms with Gasteiger partial charge in [0.15, 0.2) is 5.78 Å². The van der Waals surface area contributed by atoms with Crippen molar-refractivity contribution in [3.05, 3.63) is 77.1 Å². The van der Waals surface area contributed by atoms with Crippen LogP contribution in [-0.2, 0) is 4.79 Å². The highest BCUT2D eigenvalue weighted by Crippen LogP contribution is 2.40. The summed E-state index contributed by atoms with van der Waals surface area (Å²) in [6.07, 6.45) is 3.42. The van der Waals surface area contributed by atoms with Crippen molar-refractivity contribution >= 4 is 45.7 Å². The molecule has 34 heavy (non-hydrogen) atoms. The van der Waals surface area contributed by atoms with Gasteiger partial charge in [0.25, 0.3) is 5.91 Å². The standard InChI is InChI=1S/C25H21ClN4O4/c1-2-25(13-31)24(33)29-19-12-28-23-20(21(19)30-25)17(11-27-23)22(32)16-9-8-15(10-18(16)26)34-14-6-4-3-5-7-14/h3-12,30-31H,2,13H2,1H3,(H,27,28)(H,29,33). The maximum absolute atomic E-state index is 13.5. The van der Waals surface area contributed by atoms with E-state index in [0.717, 1.165) is 0 Å². The molecule has 8 nitrogen and oxygen atoms in total. The lowest BCUT2D eigenvalue weighted by Gasteiger charge is -2.36. The molecule has 1 amide bonds. The van der Waals surface area contributed by atoms with Crippen molar-refractivity contribution in [3.8, 4) is 11.5 Å². The van der Waals surface area contributed by atoms with Crippen LogP contribution in [0.1, 0.15) is 29.3 Å². The first-order valence-corrected chi connectivity index (χ1v) is 11.1. The number of hydrogen-bond donors (Lipinski definition) is 4. The Labute approximate surface area is 199 Å². The third-order valence-electron chi connectivity index (χ3n) is 6.03. The number of aromatic nitrogens is 2. The van der Waals surface area contributed by atoms with Crippen molar-refractivity contribution in [2.24, 2.45) is 0 Å². The molecule has 0 saturated heterocycles. The molecule has 0 radical (unpaired) electrons. The van der Waals surface area contributed by atoms with Crippen LogP contribution in [0.3, 0.4) is 0 Å². The van der Waals surface area contributed by atoms with Crippen molar-refractivity contribution in [2.75, 3.05) is 17.2 Å². The number of carbonyl (C=O) groups excluding carboxylic acids is 2. The van der Waals surface area contributed by atoms with Gasteiger partial charge in [0.1, 0.15) is 22.7 Å². The van der Waals surface area contributed by atoms with Crippen molar-refractivity contribution in [1.82, 2.24) is 9.97 Å². The van der Waals surface area contributed by atoms with Crippen LogP contribution in [0, 0.1) is 0 Å². The normalized spacial score (nSPS) is 17.1. The molecule has 1 atom stereocenters. The number of nitrogens with one attached hydrogen (secondary N) is 3. The minimum atomic E-state index is -1.20. The maximum Gasteiger partial charge on any atom is 0.252 e. The maximum atomic E-state index is 13.5. The third kappa shape index (κ3) is 3.57. The number of amides is 1. The Balaban J connectivity index is 1.54. The van der Waals surface area contributed by atoms with Crippen LogP contribution in [0.15, 0.2) is 60.9 Å². The number of nitrogens with zero attached hydrogens (tertiary/aromatic N) is 1. The SMILES string of the molecule is CCC1(CO)Nc2c(cnc3[nH]cc(C(=O)c4ccc(Oc5ccccc5)cc4Cl)c23)NC1=O. The number of para-hydroxylation sites is 1. The number of ketones is 1. The van der Waals surface area contributed by atoms with Crippen molar-refractivity contribution in [3.63, 3.8) is 0 Å². The summed E-state index contributed by atoms with van der Waals surface area (Å²) in [5.41, 5.74) is 0.849. The molecule has 0 fully saturated rings. The van der Waals surface area contributed by atoms with Gasteiger partial charge in [0, 0.05) is 17.8 Å². The summed E-state index contributed by atoms with van der Waals surface area (Å²) in [4.78, 5) is 33.5. The van der Waals surface area contributed by atoms with E-state index in [-0.39, 0.29) is 16.7 Å². The number of ether oxygens (including phenoxy) is 1. The fraction of sp³-hybridized carbons (Fsp3) is 0.160. The second-order valence-electron chi connectivity index (χ2n) is 8.03. The summed E-state index contributed by atoms with van der Waals surface area (Å²) < 4.78 is 5.80. The van der Waals surface area contributed by atoms with E-state index in [1.807, 2.05) is 30.3 Å². The Bertz CT molecular complexity index is 1410. The Morgan fingerprint density at radius 3 is 2.65 bits per heavy atom. The van der Waals surface area contributed by atoms with Gasteiger partial charge in [0.2, 0.25) is 0 Å². The number of aliphatic hydroxyl groups is 1. The number of rotatable bonds is 6. The molecule has 1 aliphatic heterocycles. The number of anilines is 2. The highest BCUT2D eigenvalue weighted by molar-refractivity contribution is 6.36. The average Bonchev–Trinajstić information content (AvgIpc) is 3.29. The first kappa shape index (κ1) is 21.9. The van der Waals surface area contributed by atoms with Crippen LogP contribution in [0.4, 0.5) is 11.4 Å². The highest BCUT2D eigenvalue weighted by Gasteiger charge is 2.41. The van der Waals surface area contributed by atoms with Crippen LogP contribution < -0.4 is 15.4 Å². The largest absolute Gasteiger partial charge is 0.457 e. The molecule has 2 aromatic heterocycles. The van der Waals surface area contributed by atoms with Crippen LogP contribution in [0.5, 0.6) is 11.5 Å². The predicted molar refractivity (Wildman–Crippen MR) is 130 cm³/mol. The molecule has 0 spiro atoms. The van der Waals surface area contributed by atoms with Crippen molar-refractivity contribution in [1.29, 1.82) is 0 Å². The molecular weight excluding hydrogens is 456 g/mol. The zero-order chi connectivity index (χ0) is 23.9. The van der Waals surface area contributed by atoms with Gasteiger partial charge in [-0.3, -0.25) is 9.59 Å². The van der Waals surface area contributed by atoms with E-state index in [9.17, 15) is 14.7 Å². The molecule has 3 heterocycles. The fourth-order valence-electron chi connectivity index (χ4n) is 4.02. The summed E-state index contributed by atoms with van der Waals surface area (Å²) in [5, 5.41) is 16.6. The van der Waals surface area contributed by atoms with Gasteiger partial charge in [-0.2, -0.15) is 0 Å². The van der Waals surface area contributed by atoms with E-state index in [2.05, 4.69) is 20.6 Å². The molecular formula is C25H21ClN4O4. The number of hydrogen-bond acceptors (Lipinski definition) is 6. The number of pyridine rings is 1. The summed E-state index contributed by atoms with van der Waals surface area (Å²) >= 11 is 6.48. The summed E-state index contributed by atoms with van der Waals surface area (Å²) in [6.45, 7) is 1.40. The first-order valence-electron chi connectivity index (χ1n) is 10.7. The van der Waals surface area contributed by atoms with Crippen LogP contribution in [-0.4, -0.2) is 38.9 Å². The molecule has 2 aromatic carbocycles. The van der Waals surface area contributed by atoms with Gasteiger partial charge in [-0.1, -0.05) is 36.7 Å². The van der Waals surface area contributed by atoms with Crippen molar-refractivity contribution < 1.29 is 19.4 Å². The number of aromatic amines is 1. The molecule has 172 valence electrons. The molecule has 1 aliphatic rings. The molecule has 0 bridgehead atoms. The van der Waals surface area contributed by atoms with E-state index in [1.54, 1.807) is 31.3 Å². The third-order valence-corrected chi connectivity index (χ3v) is 6.34. The lowest BCUT2D eigenvalue weighted by atomic mass is 9.92. The lowest BCUT2D eigenvalue weighted by molar-refractivity contribution is -0.122. The zero-order valence-electron chi connectivity index (χ0n) is 18.2.